The fourth-order valence-corrected chi connectivity index (χ4v) is 4.07. The standard InChI is InChI=1S/C14H23BrN2OS/c15-14-6-5-13(19-14)10-16-7-1-2-8-17-9-3-4-12(17)11-18/h5-6,12,16,18H,1-4,7-11H2. The number of thiophene rings is 1. The van der Waals surface area contributed by atoms with Crippen LogP contribution < -0.4 is 5.32 Å². The lowest BCUT2D eigenvalue weighted by molar-refractivity contribution is 0.157. The minimum atomic E-state index is 0.325. The molecule has 5 heteroatoms. The third kappa shape index (κ3) is 5.16. The normalized spacial score (nSPS) is 20.2. The molecule has 0 aliphatic carbocycles. The van der Waals surface area contributed by atoms with Gasteiger partial charge in [-0.1, -0.05) is 0 Å². The number of nitrogens with one attached hydrogen (secondary N) is 1. The number of aliphatic hydroxyl groups excluding tert-OH is 1. The number of likely N-dealkylation sites (tertiary alicyclic amines) is 1. The maximum Gasteiger partial charge on any atom is 0.0701 e. The quantitative estimate of drug-likeness (QED) is 0.710. The van der Waals surface area contributed by atoms with Gasteiger partial charge in [0, 0.05) is 17.5 Å². The van der Waals surface area contributed by atoms with E-state index in [0.29, 0.717) is 12.6 Å². The van der Waals surface area contributed by atoms with Crippen LogP contribution in [0.2, 0.25) is 0 Å². The van der Waals surface area contributed by atoms with Crippen LogP contribution in [0.4, 0.5) is 0 Å². The van der Waals surface area contributed by atoms with E-state index in [1.165, 1.54) is 40.9 Å². The second-order valence-corrected chi connectivity index (χ2v) is 7.65. The van der Waals surface area contributed by atoms with Crippen molar-refractivity contribution in [1.82, 2.24) is 10.2 Å². The Bertz CT molecular complexity index is 372. The number of aliphatic hydroxyl groups is 1. The molecule has 0 amide bonds. The monoisotopic (exact) mass is 346 g/mol. The Morgan fingerprint density at radius 3 is 3.05 bits per heavy atom. The molecule has 1 atom stereocenters. The van der Waals surface area contributed by atoms with Crippen molar-refractivity contribution in [1.29, 1.82) is 0 Å². The highest BCUT2D eigenvalue weighted by Gasteiger charge is 2.22. The molecular weight excluding hydrogens is 324 g/mol. The van der Waals surface area contributed by atoms with E-state index in [9.17, 15) is 5.11 Å². The summed E-state index contributed by atoms with van der Waals surface area (Å²) >= 11 is 5.27. The first-order valence-corrected chi connectivity index (χ1v) is 8.70. The predicted molar refractivity (Wildman–Crippen MR) is 84.6 cm³/mol. The summed E-state index contributed by atoms with van der Waals surface area (Å²) in [7, 11) is 0. The van der Waals surface area contributed by atoms with E-state index in [2.05, 4.69) is 38.3 Å². The van der Waals surface area contributed by atoms with Gasteiger partial charge in [0.2, 0.25) is 0 Å². The first-order chi connectivity index (χ1) is 9.29. The van der Waals surface area contributed by atoms with Gasteiger partial charge in [-0.25, -0.2) is 0 Å². The molecule has 0 spiro atoms. The van der Waals surface area contributed by atoms with E-state index in [1.54, 1.807) is 11.3 Å². The van der Waals surface area contributed by atoms with Crippen LogP contribution in [0.25, 0.3) is 0 Å². The van der Waals surface area contributed by atoms with Crippen LogP contribution in [-0.4, -0.2) is 42.3 Å². The Morgan fingerprint density at radius 1 is 1.42 bits per heavy atom. The average Bonchev–Trinajstić information content (AvgIpc) is 3.02. The Hall–Kier alpha value is 0.0600. The summed E-state index contributed by atoms with van der Waals surface area (Å²) in [6.07, 6.45) is 4.84. The molecule has 2 heterocycles. The highest BCUT2D eigenvalue weighted by Crippen LogP contribution is 2.21. The van der Waals surface area contributed by atoms with Gasteiger partial charge in [0.05, 0.1) is 10.4 Å². The molecule has 0 bridgehead atoms. The summed E-state index contributed by atoms with van der Waals surface area (Å²) in [6, 6.07) is 4.69. The van der Waals surface area contributed by atoms with Gasteiger partial charge in [-0.05, 0) is 73.4 Å². The zero-order valence-electron chi connectivity index (χ0n) is 11.3. The van der Waals surface area contributed by atoms with Crippen LogP contribution in [0.15, 0.2) is 15.9 Å². The summed E-state index contributed by atoms with van der Waals surface area (Å²) < 4.78 is 1.20. The van der Waals surface area contributed by atoms with Gasteiger partial charge in [0.15, 0.2) is 0 Å². The number of halogens is 1. The predicted octanol–water partition coefficient (Wildman–Crippen LogP) is 2.84. The summed E-state index contributed by atoms with van der Waals surface area (Å²) in [4.78, 5) is 3.82. The van der Waals surface area contributed by atoms with E-state index < -0.39 is 0 Å². The zero-order chi connectivity index (χ0) is 13.5. The molecule has 1 aromatic rings. The lowest BCUT2D eigenvalue weighted by atomic mass is 10.2. The topological polar surface area (TPSA) is 35.5 Å². The van der Waals surface area contributed by atoms with E-state index in [-0.39, 0.29) is 0 Å². The molecule has 1 unspecified atom stereocenters. The summed E-state index contributed by atoms with van der Waals surface area (Å²) in [5, 5.41) is 12.7. The maximum atomic E-state index is 9.25. The summed E-state index contributed by atoms with van der Waals surface area (Å²) in [6.45, 7) is 4.68. The molecule has 1 aliphatic rings. The summed E-state index contributed by atoms with van der Waals surface area (Å²) in [5.74, 6) is 0. The van der Waals surface area contributed by atoms with Crippen molar-refractivity contribution in [3.05, 3.63) is 20.8 Å². The zero-order valence-corrected chi connectivity index (χ0v) is 13.7. The van der Waals surface area contributed by atoms with Gasteiger partial charge >= 0.3 is 0 Å². The molecule has 0 saturated carbocycles. The molecule has 3 nitrogen and oxygen atoms in total. The largest absolute Gasteiger partial charge is 0.395 e. The Morgan fingerprint density at radius 2 is 2.32 bits per heavy atom. The van der Waals surface area contributed by atoms with Crippen LogP contribution >= 0.6 is 27.3 Å². The van der Waals surface area contributed by atoms with Crippen molar-refractivity contribution in [3.8, 4) is 0 Å². The molecule has 1 aromatic heterocycles. The van der Waals surface area contributed by atoms with Gasteiger partial charge in [0.1, 0.15) is 0 Å². The van der Waals surface area contributed by atoms with Crippen molar-refractivity contribution < 1.29 is 5.11 Å². The fraction of sp³-hybridized carbons (Fsp3) is 0.714. The number of rotatable bonds is 8. The number of hydrogen-bond acceptors (Lipinski definition) is 4. The first kappa shape index (κ1) is 15.4. The van der Waals surface area contributed by atoms with Crippen molar-refractivity contribution in [3.63, 3.8) is 0 Å². The summed E-state index contributed by atoms with van der Waals surface area (Å²) in [5.41, 5.74) is 0. The van der Waals surface area contributed by atoms with E-state index >= 15 is 0 Å². The van der Waals surface area contributed by atoms with E-state index in [0.717, 1.165) is 19.6 Å². The smallest absolute Gasteiger partial charge is 0.0701 e. The van der Waals surface area contributed by atoms with Crippen molar-refractivity contribution in [2.24, 2.45) is 0 Å². The molecule has 1 saturated heterocycles. The molecule has 0 radical (unpaired) electrons. The molecular formula is C14H23BrN2OS. The van der Waals surface area contributed by atoms with E-state index in [4.69, 9.17) is 0 Å². The molecule has 0 aromatic carbocycles. The third-order valence-corrected chi connectivity index (χ3v) is 5.31. The molecule has 108 valence electrons. The van der Waals surface area contributed by atoms with Crippen LogP contribution in [0, 0.1) is 0 Å². The van der Waals surface area contributed by atoms with E-state index in [1.807, 2.05) is 0 Å². The third-order valence-electron chi connectivity index (χ3n) is 3.69. The van der Waals surface area contributed by atoms with Gasteiger partial charge in [0.25, 0.3) is 0 Å². The second kappa shape index (κ2) is 8.37. The minimum absolute atomic E-state index is 0.325. The van der Waals surface area contributed by atoms with Gasteiger partial charge in [-0.2, -0.15) is 0 Å². The van der Waals surface area contributed by atoms with Crippen LogP contribution in [0.3, 0.4) is 0 Å². The lowest BCUT2D eigenvalue weighted by Gasteiger charge is -2.22. The number of unbranched alkanes of at least 4 members (excludes halogenated alkanes) is 1. The highest BCUT2D eigenvalue weighted by atomic mass is 79.9. The molecule has 2 rings (SSSR count). The number of nitrogens with zero attached hydrogens (tertiary/aromatic N) is 1. The molecule has 19 heavy (non-hydrogen) atoms. The minimum Gasteiger partial charge on any atom is -0.395 e. The van der Waals surface area contributed by atoms with Crippen LogP contribution in [0.1, 0.15) is 30.6 Å². The highest BCUT2D eigenvalue weighted by molar-refractivity contribution is 9.11. The Balaban J connectivity index is 1.50. The first-order valence-electron chi connectivity index (χ1n) is 7.09. The Labute approximate surface area is 128 Å². The van der Waals surface area contributed by atoms with Gasteiger partial charge < -0.3 is 10.4 Å². The molecule has 1 fully saturated rings. The van der Waals surface area contributed by atoms with Gasteiger partial charge in [-0.15, -0.1) is 11.3 Å². The van der Waals surface area contributed by atoms with Crippen molar-refractivity contribution >= 4 is 27.3 Å². The maximum absolute atomic E-state index is 9.25. The average molecular weight is 347 g/mol. The van der Waals surface area contributed by atoms with Crippen LogP contribution in [0.5, 0.6) is 0 Å². The van der Waals surface area contributed by atoms with Gasteiger partial charge in [-0.3, -0.25) is 4.90 Å². The Kier molecular flexibility index (Phi) is 6.81. The molecule has 1 aliphatic heterocycles. The second-order valence-electron chi connectivity index (χ2n) is 5.10. The molecule has 2 N–H and O–H groups in total. The van der Waals surface area contributed by atoms with Crippen molar-refractivity contribution in [2.75, 3.05) is 26.2 Å². The lowest BCUT2D eigenvalue weighted by Crippen LogP contribution is -2.33. The SMILES string of the molecule is OCC1CCCN1CCCCNCc1ccc(Br)s1. The fourth-order valence-electron chi connectivity index (χ4n) is 2.62. The van der Waals surface area contributed by atoms with Crippen LogP contribution in [-0.2, 0) is 6.54 Å². The van der Waals surface area contributed by atoms with Crippen molar-refractivity contribution in [2.45, 2.75) is 38.3 Å². The number of hydrogen-bond donors (Lipinski definition) is 2.